The number of hydrogen-bond donors (Lipinski definition) is 1. The van der Waals surface area contributed by atoms with Gasteiger partial charge in [0, 0.05) is 19.6 Å². The summed E-state index contributed by atoms with van der Waals surface area (Å²) in [7, 11) is 0. The van der Waals surface area contributed by atoms with Gasteiger partial charge in [0.05, 0.1) is 0 Å². The van der Waals surface area contributed by atoms with Gasteiger partial charge >= 0.3 is 0 Å². The van der Waals surface area contributed by atoms with Crippen molar-refractivity contribution in [2.75, 3.05) is 32.7 Å². The van der Waals surface area contributed by atoms with E-state index in [0.717, 1.165) is 18.5 Å². The molecule has 2 fully saturated rings. The maximum absolute atomic E-state index is 3.73. The number of nitrogens with one attached hydrogen (secondary N) is 1. The molecule has 1 saturated heterocycles. The van der Waals surface area contributed by atoms with E-state index in [1.165, 1.54) is 64.6 Å². The van der Waals surface area contributed by atoms with E-state index in [4.69, 9.17) is 0 Å². The highest BCUT2D eigenvalue weighted by Gasteiger charge is 2.35. The minimum atomic E-state index is 0.753. The molecule has 0 atom stereocenters. The van der Waals surface area contributed by atoms with Crippen LogP contribution >= 0.6 is 0 Å². The predicted octanol–water partition coefficient (Wildman–Crippen LogP) is 2.81. The fraction of sp³-hybridized carbons (Fsp3) is 0.867. The SMILES string of the molecule is C=CCNCCN1CCC2(CCCCC2)CC1. The zero-order valence-corrected chi connectivity index (χ0v) is 11.2. The van der Waals surface area contributed by atoms with Gasteiger partial charge in [0.1, 0.15) is 0 Å². The molecule has 98 valence electrons. The second kappa shape index (κ2) is 6.55. The highest BCUT2D eigenvalue weighted by molar-refractivity contribution is 4.88. The van der Waals surface area contributed by atoms with Crippen molar-refractivity contribution in [3.05, 3.63) is 12.7 Å². The smallest absolute Gasteiger partial charge is 0.0132 e. The van der Waals surface area contributed by atoms with Crippen LogP contribution in [0.3, 0.4) is 0 Å². The van der Waals surface area contributed by atoms with Crippen molar-refractivity contribution in [1.29, 1.82) is 0 Å². The summed E-state index contributed by atoms with van der Waals surface area (Å²) in [4.78, 5) is 2.63. The van der Waals surface area contributed by atoms with E-state index in [1.807, 2.05) is 6.08 Å². The molecule has 17 heavy (non-hydrogen) atoms. The van der Waals surface area contributed by atoms with Crippen LogP contribution in [0.1, 0.15) is 44.9 Å². The number of likely N-dealkylation sites (tertiary alicyclic amines) is 1. The van der Waals surface area contributed by atoms with Crippen molar-refractivity contribution in [1.82, 2.24) is 10.2 Å². The highest BCUT2D eigenvalue weighted by atomic mass is 15.1. The van der Waals surface area contributed by atoms with Crippen LogP contribution in [0.15, 0.2) is 12.7 Å². The molecule has 0 aromatic carbocycles. The molecule has 1 spiro atoms. The number of rotatable bonds is 5. The minimum Gasteiger partial charge on any atom is -0.312 e. The molecule has 2 aliphatic rings. The molecule has 1 saturated carbocycles. The van der Waals surface area contributed by atoms with E-state index < -0.39 is 0 Å². The Morgan fingerprint density at radius 3 is 2.41 bits per heavy atom. The fourth-order valence-corrected chi connectivity index (χ4v) is 3.49. The Hall–Kier alpha value is -0.340. The average molecular weight is 236 g/mol. The third kappa shape index (κ3) is 3.82. The molecule has 0 aromatic heterocycles. The summed E-state index contributed by atoms with van der Waals surface area (Å²) in [5, 5.41) is 3.39. The molecule has 1 heterocycles. The fourth-order valence-electron chi connectivity index (χ4n) is 3.49. The van der Waals surface area contributed by atoms with Crippen LogP contribution in [0.25, 0.3) is 0 Å². The molecule has 0 radical (unpaired) electrons. The molecule has 2 heteroatoms. The Bertz CT molecular complexity index is 221. The number of nitrogens with zero attached hydrogens (tertiary/aromatic N) is 1. The van der Waals surface area contributed by atoms with E-state index in [2.05, 4.69) is 16.8 Å². The summed E-state index contributed by atoms with van der Waals surface area (Å²) >= 11 is 0. The first-order valence-corrected chi connectivity index (χ1v) is 7.39. The molecule has 2 rings (SSSR count). The van der Waals surface area contributed by atoms with Crippen LogP contribution in [0.5, 0.6) is 0 Å². The Labute approximate surface area is 106 Å². The Kier molecular flexibility index (Phi) is 5.05. The van der Waals surface area contributed by atoms with Crippen molar-refractivity contribution in [2.45, 2.75) is 44.9 Å². The van der Waals surface area contributed by atoms with Gasteiger partial charge in [-0.15, -0.1) is 6.58 Å². The van der Waals surface area contributed by atoms with Crippen molar-refractivity contribution < 1.29 is 0 Å². The third-order valence-corrected chi connectivity index (χ3v) is 4.72. The quantitative estimate of drug-likeness (QED) is 0.583. The summed E-state index contributed by atoms with van der Waals surface area (Å²) < 4.78 is 0. The second-order valence-electron chi connectivity index (χ2n) is 5.90. The summed E-state index contributed by atoms with van der Waals surface area (Å²) in [5.41, 5.74) is 0.753. The standard InChI is InChI=1S/C15H28N2/c1-2-10-16-11-14-17-12-8-15(9-13-17)6-4-3-5-7-15/h2,16H,1,3-14H2. The van der Waals surface area contributed by atoms with Crippen molar-refractivity contribution >= 4 is 0 Å². The molecule has 2 nitrogen and oxygen atoms in total. The van der Waals surface area contributed by atoms with Crippen LogP contribution in [0, 0.1) is 5.41 Å². The van der Waals surface area contributed by atoms with Gasteiger partial charge in [-0.3, -0.25) is 0 Å². The van der Waals surface area contributed by atoms with Crippen molar-refractivity contribution in [3.63, 3.8) is 0 Å². The van der Waals surface area contributed by atoms with Gasteiger partial charge in [0.2, 0.25) is 0 Å². The van der Waals surface area contributed by atoms with Crippen LogP contribution in [-0.4, -0.2) is 37.6 Å². The lowest BCUT2D eigenvalue weighted by Gasteiger charge is -2.44. The van der Waals surface area contributed by atoms with Gasteiger partial charge in [0.15, 0.2) is 0 Å². The zero-order chi connectivity index (χ0) is 12.0. The molecule has 0 amide bonds. The molecule has 0 bridgehead atoms. The van der Waals surface area contributed by atoms with Gasteiger partial charge in [-0.25, -0.2) is 0 Å². The lowest BCUT2D eigenvalue weighted by Crippen LogP contribution is -2.43. The monoisotopic (exact) mass is 236 g/mol. The maximum atomic E-state index is 3.73. The first-order valence-electron chi connectivity index (χ1n) is 7.39. The second-order valence-corrected chi connectivity index (χ2v) is 5.90. The Morgan fingerprint density at radius 1 is 1.06 bits per heavy atom. The van der Waals surface area contributed by atoms with E-state index >= 15 is 0 Å². The zero-order valence-electron chi connectivity index (χ0n) is 11.2. The number of hydrogen-bond acceptors (Lipinski definition) is 2. The van der Waals surface area contributed by atoms with Crippen molar-refractivity contribution in [3.8, 4) is 0 Å². The normalized spacial score (nSPS) is 24.9. The van der Waals surface area contributed by atoms with Crippen LogP contribution in [0.4, 0.5) is 0 Å². The van der Waals surface area contributed by atoms with E-state index in [9.17, 15) is 0 Å². The van der Waals surface area contributed by atoms with Gasteiger partial charge in [-0.1, -0.05) is 25.3 Å². The highest BCUT2D eigenvalue weighted by Crippen LogP contribution is 2.44. The topological polar surface area (TPSA) is 15.3 Å². The van der Waals surface area contributed by atoms with E-state index in [0.29, 0.717) is 0 Å². The van der Waals surface area contributed by atoms with Crippen LogP contribution in [0.2, 0.25) is 0 Å². The molecule has 1 N–H and O–H groups in total. The Balaban J connectivity index is 1.65. The molecular formula is C15H28N2. The first-order chi connectivity index (χ1) is 8.35. The van der Waals surface area contributed by atoms with E-state index in [-0.39, 0.29) is 0 Å². The first kappa shape index (κ1) is 13.1. The largest absolute Gasteiger partial charge is 0.312 e. The number of piperidine rings is 1. The average Bonchev–Trinajstić information content (AvgIpc) is 2.38. The molecular weight excluding hydrogens is 208 g/mol. The lowest BCUT2D eigenvalue weighted by molar-refractivity contribution is 0.0685. The predicted molar refractivity (Wildman–Crippen MR) is 74.3 cm³/mol. The molecule has 1 aliphatic heterocycles. The lowest BCUT2D eigenvalue weighted by atomic mass is 9.68. The van der Waals surface area contributed by atoms with Gasteiger partial charge in [-0.05, 0) is 44.2 Å². The molecule has 0 aromatic rings. The van der Waals surface area contributed by atoms with Gasteiger partial charge in [-0.2, -0.15) is 0 Å². The van der Waals surface area contributed by atoms with Crippen molar-refractivity contribution in [2.24, 2.45) is 5.41 Å². The molecule has 1 aliphatic carbocycles. The van der Waals surface area contributed by atoms with Crippen LogP contribution in [-0.2, 0) is 0 Å². The summed E-state index contributed by atoms with van der Waals surface area (Å²) in [6, 6.07) is 0. The Morgan fingerprint density at radius 2 is 1.76 bits per heavy atom. The van der Waals surface area contributed by atoms with E-state index in [1.54, 1.807) is 0 Å². The molecule has 0 unspecified atom stereocenters. The summed E-state index contributed by atoms with van der Waals surface area (Å²) in [5.74, 6) is 0. The van der Waals surface area contributed by atoms with Crippen LogP contribution < -0.4 is 5.32 Å². The summed E-state index contributed by atoms with van der Waals surface area (Å²) in [6.45, 7) is 9.65. The summed E-state index contributed by atoms with van der Waals surface area (Å²) in [6.07, 6.45) is 12.3. The van der Waals surface area contributed by atoms with Gasteiger partial charge < -0.3 is 10.2 Å². The van der Waals surface area contributed by atoms with Gasteiger partial charge in [0.25, 0.3) is 0 Å². The minimum absolute atomic E-state index is 0.753. The third-order valence-electron chi connectivity index (χ3n) is 4.72. The maximum Gasteiger partial charge on any atom is 0.0132 e.